The molecule has 0 unspecified atom stereocenters. The number of aliphatic hydroxyl groups excluding tert-OH is 1. The third-order valence-corrected chi connectivity index (χ3v) is 3.52. The summed E-state index contributed by atoms with van der Waals surface area (Å²) in [5, 5.41) is 13.4. The molecule has 0 radical (unpaired) electrons. The second-order valence-electron chi connectivity index (χ2n) is 4.94. The molecule has 1 amide bonds. The van der Waals surface area contributed by atoms with Crippen molar-refractivity contribution in [3.05, 3.63) is 47.3 Å². The molecule has 2 aromatic rings. The second-order valence-corrected chi connectivity index (χ2v) is 4.94. The van der Waals surface area contributed by atoms with Gasteiger partial charge < -0.3 is 10.0 Å². The Morgan fingerprint density at radius 1 is 1.43 bits per heavy atom. The van der Waals surface area contributed by atoms with Crippen molar-refractivity contribution in [3.8, 4) is 0 Å². The highest BCUT2D eigenvalue weighted by Gasteiger charge is 2.23. The van der Waals surface area contributed by atoms with E-state index in [-0.39, 0.29) is 18.1 Å². The highest BCUT2D eigenvalue weighted by molar-refractivity contribution is 5.94. The molecule has 6 nitrogen and oxygen atoms in total. The topological polar surface area (TPSA) is 71.2 Å². The van der Waals surface area contributed by atoms with E-state index in [1.54, 1.807) is 15.6 Å². The van der Waals surface area contributed by atoms with Gasteiger partial charge in [-0.15, -0.1) is 0 Å². The molecule has 0 fully saturated rings. The summed E-state index contributed by atoms with van der Waals surface area (Å²) in [6.45, 7) is 1.44. The van der Waals surface area contributed by atoms with Gasteiger partial charge in [0, 0.05) is 19.3 Å². The molecule has 0 saturated carbocycles. The van der Waals surface area contributed by atoms with E-state index in [9.17, 15) is 9.18 Å². The Morgan fingerprint density at radius 2 is 2.29 bits per heavy atom. The maximum absolute atomic E-state index is 13.7. The van der Waals surface area contributed by atoms with Crippen LogP contribution in [-0.2, 0) is 19.7 Å². The number of pyridine rings is 1. The Balaban J connectivity index is 1.86. The van der Waals surface area contributed by atoms with Gasteiger partial charge in [-0.3, -0.25) is 14.5 Å². The van der Waals surface area contributed by atoms with Gasteiger partial charge in [-0.2, -0.15) is 5.10 Å². The molecule has 1 aliphatic heterocycles. The van der Waals surface area contributed by atoms with Crippen molar-refractivity contribution in [2.45, 2.75) is 26.1 Å². The molecule has 0 aromatic carbocycles. The summed E-state index contributed by atoms with van der Waals surface area (Å²) in [5.41, 5.74) is 1.45. The van der Waals surface area contributed by atoms with E-state index >= 15 is 0 Å². The summed E-state index contributed by atoms with van der Waals surface area (Å²) in [5.74, 6) is -0.966. The van der Waals surface area contributed by atoms with Crippen molar-refractivity contribution in [2.24, 2.45) is 0 Å². The molecule has 21 heavy (non-hydrogen) atoms. The van der Waals surface area contributed by atoms with Crippen molar-refractivity contribution in [1.82, 2.24) is 19.7 Å². The lowest BCUT2D eigenvalue weighted by atomic mass is 10.2. The molecule has 110 valence electrons. The average Bonchev–Trinajstić information content (AvgIpc) is 2.78. The number of aliphatic hydroxyl groups is 1. The Morgan fingerprint density at radius 3 is 3.05 bits per heavy atom. The molecular formula is C14H15FN4O2. The predicted octanol–water partition coefficient (Wildman–Crippen LogP) is 0.956. The van der Waals surface area contributed by atoms with E-state index in [1.165, 1.54) is 12.3 Å². The first-order valence-electron chi connectivity index (χ1n) is 6.74. The SMILES string of the molecule is O=C(c1ccncc1F)N1CCCn2nc(CO)cc2C1. The number of aromatic nitrogens is 3. The molecule has 0 spiro atoms. The van der Waals surface area contributed by atoms with Gasteiger partial charge in [0.25, 0.3) is 5.91 Å². The fourth-order valence-electron chi connectivity index (χ4n) is 2.49. The molecule has 1 aliphatic rings. The number of carbonyl (C=O) groups excluding carboxylic acids is 1. The van der Waals surface area contributed by atoms with Gasteiger partial charge in [0.2, 0.25) is 0 Å². The van der Waals surface area contributed by atoms with Crippen molar-refractivity contribution in [1.29, 1.82) is 0 Å². The van der Waals surface area contributed by atoms with Crippen LogP contribution in [0.2, 0.25) is 0 Å². The molecule has 7 heteroatoms. The fraction of sp³-hybridized carbons (Fsp3) is 0.357. The van der Waals surface area contributed by atoms with Crippen LogP contribution in [0.5, 0.6) is 0 Å². The molecule has 2 aromatic heterocycles. The molecule has 0 atom stereocenters. The van der Waals surface area contributed by atoms with Crippen LogP contribution in [-0.4, -0.2) is 37.2 Å². The summed E-state index contributed by atoms with van der Waals surface area (Å²) in [6.07, 6.45) is 3.18. The standard InChI is InChI=1S/C14H15FN4O2/c15-13-7-16-3-2-12(13)14(21)18-4-1-5-19-11(8-18)6-10(9-20)17-19/h2-3,6-7,20H,1,4-5,8-9H2. The van der Waals surface area contributed by atoms with E-state index in [2.05, 4.69) is 10.1 Å². The van der Waals surface area contributed by atoms with Crippen LogP contribution in [0.25, 0.3) is 0 Å². The zero-order valence-corrected chi connectivity index (χ0v) is 11.4. The first-order valence-corrected chi connectivity index (χ1v) is 6.74. The van der Waals surface area contributed by atoms with Crippen molar-refractivity contribution in [2.75, 3.05) is 6.54 Å². The summed E-state index contributed by atoms with van der Waals surface area (Å²) in [6, 6.07) is 3.16. The number of rotatable bonds is 2. The first-order chi connectivity index (χ1) is 10.2. The van der Waals surface area contributed by atoms with E-state index in [4.69, 9.17) is 5.11 Å². The largest absolute Gasteiger partial charge is 0.390 e. The summed E-state index contributed by atoms with van der Waals surface area (Å²) >= 11 is 0. The number of aryl methyl sites for hydroxylation is 1. The number of amides is 1. The Bertz CT molecular complexity index is 671. The highest BCUT2D eigenvalue weighted by atomic mass is 19.1. The predicted molar refractivity (Wildman–Crippen MR) is 71.7 cm³/mol. The van der Waals surface area contributed by atoms with Gasteiger partial charge >= 0.3 is 0 Å². The summed E-state index contributed by atoms with van der Waals surface area (Å²) in [4.78, 5) is 17.7. The van der Waals surface area contributed by atoms with Gasteiger partial charge in [0.05, 0.1) is 36.3 Å². The minimum Gasteiger partial charge on any atom is -0.390 e. The van der Waals surface area contributed by atoms with Gasteiger partial charge in [-0.05, 0) is 18.6 Å². The van der Waals surface area contributed by atoms with Crippen LogP contribution in [0.4, 0.5) is 4.39 Å². The molecular weight excluding hydrogens is 275 g/mol. The normalized spacial score (nSPS) is 14.7. The zero-order valence-electron chi connectivity index (χ0n) is 11.4. The van der Waals surface area contributed by atoms with Gasteiger partial charge in [-0.25, -0.2) is 4.39 Å². The summed E-state index contributed by atoms with van der Waals surface area (Å²) in [7, 11) is 0. The smallest absolute Gasteiger partial charge is 0.257 e. The van der Waals surface area contributed by atoms with Crippen molar-refractivity contribution in [3.63, 3.8) is 0 Å². The molecule has 0 bridgehead atoms. The van der Waals surface area contributed by atoms with Crippen molar-refractivity contribution < 1.29 is 14.3 Å². The number of hydrogen-bond acceptors (Lipinski definition) is 4. The lowest BCUT2D eigenvalue weighted by Crippen LogP contribution is -2.31. The fourth-order valence-corrected chi connectivity index (χ4v) is 2.49. The summed E-state index contributed by atoms with van der Waals surface area (Å²) < 4.78 is 15.5. The Kier molecular flexibility index (Phi) is 3.66. The minimum absolute atomic E-state index is 0.0281. The maximum atomic E-state index is 13.7. The first kappa shape index (κ1) is 13.7. The van der Waals surface area contributed by atoms with Crippen LogP contribution in [0.3, 0.4) is 0 Å². The quantitative estimate of drug-likeness (QED) is 0.894. The molecule has 0 saturated heterocycles. The molecule has 0 aliphatic carbocycles. The average molecular weight is 290 g/mol. The van der Waals surface area contributed by atoms with Crippen LogP contribution >= 0.6 is 0 Å². The third kappa shape index (κ3) is 2.64. The van der Waals surface area contributed by atoms with Gasteiger partial charge in [0.15, 0.2) is 5.82 Å². The number of carbonyl (C=O) groups is 1. The lowest BCUT2D eigenvalue weighted by molar-refractivity contribution is 0.0741. The third-order valence-electron chi connectivity index (χ3n) is 3.52. The number of nitrogens with zero attached hydrogens (tertiary/aromatic N) is 4. The van der Waals surface area contributed by atoms with Crippen LogP contribution in [0.15, 0.2) is 24.5 Å². The van der Waals surface area contributed by atoms with Gasteiger partial charge in [-0.1, -0.05) is 0 Å². The van der Waals surface area contributed by atoms with Crippen LogP contribution in [0.1, 0.15) is 28.2 Å². The van der Waals surface area contributed by atoms with E-state index in [0.717, 1.165) is 18.3 Å². The number of halogens is 1. The van der Waals surface area contributed by atoms with Crippen LogP contribution in [0, 0.1) is 5.82 Å². The molecule has 1 N–H and O–H groups in total. The van der Waals surface area contributed by atoms with Crippen LogP contribution < -0.4 is 0 Å². The molecule has 3 heterocycles. The molecule has 3 rings (SSSR count). The number of hydrogen-bond donors (Lipinski definition) is 1. The Labute approximate surface area is 120 Å². The van der Waals surface area contributed by atoms with E-state index in [1.807, 2.05) is 0 Å². The highest BCUT2D eigenvalue weighted by Crippen LogP contribution is 2.17. The zero-order chi connectivity index (χ0) is 14.8. The lowest BCUT2D eigenvalue weighted by Gasteiger charge is -2.20. The second kappa shape index (κ2) is 5.61. The maximum Gasteiger partial charge on any atom is 0.257 e. The van der Waals surface area contributed by atoms with E-state index < -0.39 is 5.82 Å². The Hall–Kier alpha value is -2.28. The van der Waals surface area contributed by atoms with Gasteiger partial charge in [0.1, 0.15) is 0 Å². The minimum atomic E-state index is -0.615. The van der Waals surface area contributed by atoms with E-state index in [0.29, 0.717) is 25.3 Å². The van der Waals surface area contributed by atoms with Crippen molar-refractivity contribution >= 4 is 5.91 Å². The monoisotopic (exact) mass is 290 g/mol. The number of fused-ring (bicyclic) bond motifs is 1.